The number of carboxylic acids is 1. The van der Waals surface area contributed by atoms with Crippen molar-refractivity contribution in [1.82, 2.24) is 4.98 Å². The largest absolute Gasteiger partial charge is 0.478 e. The van der Waals surface area contributed by atoms with Crippen LogP contribution in [-0.2, 0) is 6.54 Å². The SMILES string of the molecule is Cc1cc(CNc2ncc(Br)cc2C(=O)O)cc(C)c1F. The van der Waals surface area contributed by atoms with Gasteiger partial charge in [-0.3, -0.25) is 0 Å². The first kappa shape index (κ1) is 15.4. The van der Waals surface area contributed by atoms with Gasteiger partial charge in [0.15, 0.2) is 0 Å². The Morgan fingerprint density at radius 1 is 1.33 bits per heavy atom. The number of aromatic carboxylic acids is 1. The van der Waals surface area contributed by atoms with E-state index in [0.29, 0.717) is 22.1 Å². The minimum Gasteiger partial charge on any atom is -0.478 e. The first-order valence-electron chi connectivity index (χ1n) is 6.27. The van der Waals surface area contributed by atoms with Gasteiger partial charge in [0.2, 0.25) is 0 Å². The van der Waals surface area contributed by atoms with E-state index in [4.69, 9.17) is 5.11 Å². The summed E-state index contributed by atoms with van der Waals surface area (Å²) in [4.78, 5) is 15.3. The highest BCUT2D eigenvalue weighted by Crippen LogP contribution is 2.20. The number of nitrogens with one attached hydrogen (secondary N) is 1. The second kappa shape index (κ2) is 6.22. The molecule has 0 bridgehead atoms. The molecule has 0 radical (unpaired) electrons. The second-order valence-electron chi connectivity index (χ2n) is 4.75. The molecule has 1 heterocycles. The standard InChI is InChI=1S/C15H14BrFN2O2/c1-8-3-10(4-9(2)13(8)17)6-18-14-12(15(20)21)5-11(16)7-19-14/h3-5,7H,6H2,1-2H3,(H,18,19)(H,20,21). The van der Waals surface area contributed by atoms with E-state index < -0.39 is 5.97 Å². The normalized spacial score (nSPS) is 10.5. The molecule has 0 atom stereocenters. The smallest absolute Gasteiger partial charge is 0.339 e. The van der Waals surface area contributed by atoms with Gasteiger partial charge in [0.1, 0.15) is 17.2 Å². The quantitative estimate of drug-likeness (QED) is 0.875. The molecule has 0 amide bonds. The van der Waals surface area contributed by atoms with Crippen molar-refractivity contribution >= 4 is 27.7 Å². The Labute approximate surface area is 130 Å². The summed E-state index contributed by atoms with van der Waals surface area (Å²) in [6.45, 7) is 3.77. The number of carboxylic acid groups (broad SMARTS) is 1. The van der Waals surface area contributed by atoms with Gasteiger partial charge in [-0.05, 0) is 52.5 Å². The maximum atomic E-state index is 13.6. The number of aryl methyl sites for hydroxylation is 2. The summed E-state index contributed by atoms with van der Waals surface area (Å²) in [6.07, 6.45) is 1.52. The minimum atomic E-state index is -1.06. The topological polar surface area (TPSA) is 62.2 Å². The molecule has 110 valence electrons. The van der Waals surface area contributed by atoms with Gasteiger partial charge in [0, 0.05) is 17.2 Å². The van der Waals surface area contributed by atoms with Crippen LogP contribution in [0.4, 0.5) is 10.2 Å². The molecule has 4 nitrogen and oxygen atoms in total. The third-order valence-corrected chi connectivity index (χ3v) is 3.47. The van der Waals surface area contributed by atoms with Crippen LogP contribution in [-0.4, -0.2) is 16.1 Å². The van der Waals surface area contributed by atoms with Crippen LogP contribution in [0, 0.1) is 19.7 Å². The van der Waals surface area contributed by atoms with Crippen molar-refractivity contribution in [2.75, 3.05) is 5.32 Å². The van der Waals surface area contributed by atoms with E-state index >= 15 is 0 Å². The molecule has 0 aliphatic heterocycles. The molecule has 0 unspecified atom stereocenters. The van der Waals surface area contributed by atoms with Crippen LogP contribution >= 0.6 is 15.9 Å². The van der Waals surface area contributed by atoms with E-state index in [0.717, 1.165) is 5.56 Å². The summed E-state index contributed by atoms with van der Waals surface area (Å²) < 4.78 is 14.2. The lowest BCUT2D eigenvalue weighted by atomic mass is 10.1. The average molecular weight is 353 g/mol. The number of rotatable bonds is 4. The maximum absolute atomic E-state index is 13.6. The van der Waals surface area contributed by atoms with Gasteiger partial charge >= 0.3 is 5.97 Å². The van der Waals surface area contributed by atoms with Crippen molar-refractivity contribution in [3.8, 4) is 0 Å². The maximum Gasteiger partial charge on any atom is 0.339 e. The number of hydrogen-bond acceptors (Lipinski definition) is 3. The summed E-state index contributed by atoms with van der Waals surface area (Å²) in [5.74, 6) is -0.991. The molecule has 0 spiro atoms. The van der Waals surface area contributed by atoms with Crippen molar-refractivity contribution in [3.63, 3.8) is 0 Å². The van der Waals surface area contributed by atoms with E-state index in [-0.39, 0.29) is 17.2 Å². The van der Waals surface area contributed by atoms with Crippen LogP contribution in [0.1, 0.15) is 27.0 Å². The monoisotopic (exact) mass is 352 g/mol. The highest BCUT2D eigenvalue weighted by Gasteiger charge is 2.12. The zero-order valence-corrected chi connectivity index (χ0v) is 13.2. The number of pyridine rings is 1. The second-order valence-corrected chi connectivity index (χ2v) is 5.67. The molecule has 21 heavy (non-hydrogen) atoms. The van der Waals surface area contributed by atoms with Gasteiger partial charge < -0.3 is 10.4 Å². The van der Waals surface area contributed by atoms with Gasteiger partial charge in [-0.15, -0.1) is 0 Å². The number of nitrogens with zero attached hydrogens (tertiary/aromatic N) is 1. The highest BCUT2D eigenvalue weighted by molar-refractivity contribution is 9.10. The van der Waals surface area contributed by atoms with Crippen molar-refractivity contribution < 1.29 is 14.3 Å². The zero-order valence-electron chi connectivity index (χ0n) is 11.6. The third-order valence-electron chi connectivity index (χ3n) is 3.04. The molecule has 2 aromatic rings. The predicted octanol–water partition coefficient (Wildman–Crippen LogP) is 3.91. The predicted molar refractivity (Wildman–Crippen MR) is 82.1 cm³/mol. The molecule has 1 aromatic carbocycles. The fourth-order valence-electron chi connectivity index (χ4n) is 2.07. The number of benzene rings is 1. The van der Waals surface area contributed by atoms with Gasteiger partial charge in [-0.2, -0.15) is 0 Å². The van der Waals surface area contributed by atoms with E-state index in [1.54, 1.807) is 26.0 Å². The Bertz CT molecular complexity index is 681. The van der Waals surface area contributed by atoms with Crippen molar-refractivity contribution in [2.45, 2.75) is 20.4 Å². The Balaban J connectivity index is 2.22. The van der Waals surface area contributed by atoms with Crippen molar-refractivity contribution in [3.05, 3.63) is 56.9 Å². The van der Waals surface area contributed by atoms with E-state index in [9.17, 15) is 9.18 Å². The first-order chi connectivity index (χ1) is 9.88. The van der Waals surface area contributed by atoms with Crippen LogP contribution in [0.2, 0.25) is 0 Å². The first-order valence-corrected chi connectivity index (χ1v) is 7.06. The van der Waals surface area contributed by atoms with Crippen LogP contribution in [0.3, 0.4) is 0 Å². The van der Waals surface area contributed by atoms with Crippen molar-refractivity contribution in [1.29, 1.82) is 0 Å². The summed E-state index contributed by atoms with van der Waals surface area (Å²) in [5.41, 5.74) is 2.08. The highest BCUT2D eigenvalue weighted by atomic mass is 79.9. The fraction of sp³-hybridized carbons (Fsp3) is 0.200. The molecule has 0 saturated carbocycles. The Hall–Kier alpha value is -1.95. The molecule has 6 heteroatoms. The Kier molecular flexibility index (Phi) is 4.57. The lowest BCUT2D eigenvalue weighted by molar-refractivity contribution is 0.0697. The molecule has 1 aromatic heterocycles. The molecule has 0 saturated heterocycles. The summed E-state index contributed by atoms with van der Waals surface area (Å²) in [7, 11) is 0. The average Bonchev–Trinajstić information content (AvgIpc) is 2.43. The van der Waals surface area contributed by atoms with Crippen LogP contribution < -0.4 is 5.32 Å². The molecule has 2 N–H and O–H groups in total. The van der Waals surface area contributed by atoms with Gasteiger partial charge in [-0.25, -0.2) is 14.2 Å². The fourth-order valence-corrected chi connectivity index (χ4v) is 2.40. The van der Waals surface area contributed by atoms with Crippen LogP contribution in [0.25, 0.3) is 0 Å². The molecule has 0 aliphatic rings. The molecule has 0 fully saturated rings. The lowest BCUT2D eigenvalue weighted by Crippen LogP contribution is -2.09. The number of carbonyl (C=O) groups is 1. The number of aromatic nitrogens is 1. The van der Waals surface area contributed by atoms with Crippen LogP contribution in [0.15, 0.2) is 28.9 Å². The number of halogens is 2. The minimum absolute atomic E-state index is 0.0833. The van der Waals surface area contributed by atoms with E-state index in [1.807, 2.05) is 0 Å². The van der Waals surface area contributed by atoms with Gasteiger partial charge in [0.25, 0.3) is 0 Å². The summed E-state index contributed by atoms with van der Waals surface area (Å²) in [5, 5.41) is 12.1. The zero-order chi connectivity index (χ0) is 15.6. The molecule has 2 rings (SSSR count). The Morgan fingerprint density at radius 2 is 1.95 bits per heavy atom. The van der Waals surface area contributed by atoms with Crippen LogP contribution in [0.5, 0.6) is 0 Å². The van der Waals surface area contributed by atoms with E-state index in [2.05, 4.69) is 26.2 Å². The van der Waals surface area contributed by atoms with Gasteiger partial charge in [-0.1, -0.05) is 12.1 Å². The number of anilines is 1. The summed E-state index contributed by atoms with van der Waals surface area (Å²) >= 11 is 3.19. The summed E-state index contributed by atoms with van der Waals surface area (Å²) in [6, 6.07) is 4.95. The Morgan fingerprint density at radius 3 is 2.52 bits per heavy atom. The van der Waals surface area contributed by atoms with Crippen molar-refractivity contribution in [2.24, 2.45) is 0 Å². The molecular formula is C15H14BrFN2O2. The lowest BCUT2D eigenvalue weighted by Gasteiger charge is -2.11. The molecule has 0 aliphatic carbocycles. The van der Waals surface area contributed by atoms with Gasteiger partial charge in [0.05, 0.1) is 0 Å². The third kappa shape index (κ3) is 3.58. The number of hydrogen-bond donors (Lipinski definition) is 2. The molecular weight excluding hydrogens is 339 g/mol. The van der Waals surface area contributed by atoms with E-state index in [1.165, 1.54) is 12.3 Å².